The Labute approximate surface area is 140 Å². The minimum absolute atomic E-state index is 0.0204. The van der Waals surface area contributed by atoms with Crippen molar-refractivity contribution >= 4 is 33.3 Å². The van der Waals surface area contributed by atoms with Crippen molar-refractivity contribution in [1.82, 2.24) is 4.90 Å². The SMILES string of the molecule is CC1CC(C(=O)O)CN(C(=O)CS(=O)(=O)c2ccc(Cl)cc2)C1. The molecule has 1 aromatic carbocycles. The number of piperidine rings is 1. The number of nitrogens with zero attached hydrogens (tertiary/aromatic N) is 1. The van der Waals surface area contributed by atoms with Gasteiger partial charge >= 0.3 is 5.97 Å². The Balaban J connectivity index is 2.11. The predicted octanol–water partition coefficient (Wildman–Crippen LogP) is 1.68. The molecule has 23 heavy (non-hydrogen) atoms. The van der Waals surface area contributed by atoms with Gasteiger partial charge < -0.3 is 10.0 Å². The van der Waals surface area contributed by atoms with Crippen LogP contribution in [0.5, 0.6) is 0 Å². The zero-order valence-electron chi connectivity index (χ0n) is 12.6. The number of carboxylic acids is 1. The van der Waals surface area contributed by atoms with Crippen molar-refractivity contribution in [2.45, 2.75) is 18.2 Å². The van der Waals surface area contributed by atoms with Crippen LogP contribution in [0.15, 0.2) is 29.2 Å². The maximum absolute atomic E-state index is 12.3. The van der Waals surface area contributed by atoms with Gasteiger partial charge in [-0.2, -0.15) is 0 Å². The number of benzene rings is 1. The second kappa shape index (κ2) is 6.88. The monoisotopic (exact) mass is 359 g/mol. The van der Waals surface area contributed by atoms with Gasteiger partial charge in [-0.1, -0.05) is 18.5 Å². The molecule has 8 heteroatoms. The van der Waals surface area contributed by atoms with E-state index in [1.807, 2.05) is 6.92 Å². The van der Waals surface area contributed by atoms with Crippen molar-refractivity contribution in [2.75, 3.05) is 18.8 Å². The van der Waals surface area contributed by atoms with E-state index in [4.69, 9.17) is 16.7 Å². The molecule has 0 spiro atoms. The number of aliphatic carboxylic acids is 1. The van der Waals surface area contributed by atoms with Crippen LogP contribution in [0.2, 0.25) is 5.02 Å². The zero-order chi connectivity index (χ0) is 17.2. The predicted molar refractivity (Wildman–Crippen MR) is 85.0 cm³/mol. The van der Waals surface area contributed by atoms with Crippen LogP contribution in [0.4, 0.5) is 0 Å². The molecule has 2 atom stereocenters. The number of hydrogen-bond donors (Lipinski definition) is 1. The molecule has 0 bridgehead atoms. The van der Waals surface area contributed by atoms with Crippen LogP contribution in [-0.2, 0) is 19.4 Å². The molecule has 1 aliphatic rings. The van der Waals surface area contributed by atoms with E-state index >= 15 is 0 Å². The number of likely N-dealkylation sites (tertiary alicyclic amines) is 1. The lowest BCUT2D eigenvalue weighted by molar-refractivity contribution is -0.146. The summed E-state index contributed by atoms with van der Waals surface area (Å²) >= 11 is 5.73. The highest BCUT2D eigenvalue weighted by Crippen LogP contribution is 2.23. The summed E-state index contributed by atoms with van der Waals surface area (Å²) < 4.78 is 24.6. The smallest absolute Gasteiger partial charge is 0.308 e. The molecule has 0 radical (unpaired) electrons. The number of amides is 1. The first-order valence-electron chi connectivity index (χ1n) is 7.18. The molecular formula is C15H18ClNO5S. The second-order valence-electron chi connectivity index (χ2n) is 5.89. The van der Waals surface area contributed by atoms with E-state index in [0.29, 0.717) is 18.0 Å². The highest BCUT2D eigenvalue weighted by molar-refractivity contribution is 7.92. The lowest BCUT2D eigenvalue weighted by atomic mass is 9.90. The maximum Gasteiger partial charge on any atom is 0.308 e. The van der Waals surface area contributed by atoms with Crippen LogP contribution in [0, 0.1) is 11.8 Å². The van der Waals surface area contributed by atoms with Gasteiger partial charge in [0, 0.05) is 18.1 Å². The van der Waals surface area contributed by atoms with E-state index in [1.165, 1.54) is 29.2 Å². The van der Waals surface area contributed by atoms with Crippen molar-refractivity contribution in [3.8, 4) is 0 Å². The molecule has 1 heterocycles. The standard InChI is InChI=1S/C15H18ClNO5S/c1-10-6-11(15(19)20)8-17(7-10)14(18)9-23(21,22)13-4-2-12(16)3-5-13/h2-5,10-11H,6-9H2,1H3,(H,19,20). The number of rotatable bonds is 4. The van der Waals surface area contributed by atoms with Crippen molar-refractivity contribution in [3.63, 3.8) is 0 Å². The van der Waals surface area contributed by atoms with E-state index < -0.39 is 33.4 Å². The second-order valence-corrected chi connectivity index (χ2v) is 8.31. The van der Waals surface area contributed by atoms with Gasteiger partial charge in [0.05, 0.1) is 10.8 Å². The Morgan fingerprint density at radius 3 is 2.43 bits per heavy atom. The summed E-state index contributed by atoms with van der Waals surface area (Å²) in [5.74, 6) is -2.84. The molecule has 1 aromatic rings. The first-order valence-corrected chi connectivity index (χ1v) is 9.21. The van der Waals surface area contributed by atoms with E-state index in [-0.39, 0.29) is 17.4 Å². The fraction of sp³-hybridized carbons (Fsp3) is 0.467. The topological polar surface area (TPSA) is 91.8 Å². The Morgan fingerprint density at radius 1 is 1.26 bits per heavy atom. The Hall–Kier alpha value is -1.60. The Kier molecular flexibility index (Phi) is 5.31. The van der Waals surface area contributed by atoms with Crippen LogP contribution in [0.25, 0.3) is 0 Å². The largest absolute Gasteiger partial charge is 0.481 e. The fourth-order valence-corrected chi connectivity index (χ4v) is 4.06. The molecule has 6 nitrogen and oxygen atoms in total. The number of hydrogen-bond acceptors (Lipinski definition) is 4. The summed E-state index contributed by atoms with van der Waals surface area (Å²) in [4.78, 5) is 24.8. The highest BCUT2D eigenvalue weighted by Gasteiger charge is 2.33. The van der Waals surface area contributed by atoms with Crippen molar-refractivity contribution in [1.29, 1.82) is 0 Å². The molecular weight excluding hydrogens is 342 g/mol. The van der Waals surface area contributed by atoms with Gasteiger partial charge in [-0.15, -0.1) is 0 Å². The minimum atomic E-state index is -3.78. The summed E-state index contributed by atoms with van der Waals surface area (Å²) in [5.41, 5.74) is 0. The molecule has 0 aromatic heterocycles. The van der Waals surface area contributed by atoms with Gasteiger partial charge in [0.1, 0.15) is 5.75 Å². The Morgan fingerprint density at radius 2 is 1.87 bits per heavy atom. The Bertz CT molecular complexity index is 701. The first-order chi connectivity index (χ1) is 10.7. The third-order valence-corrected chi connectivity index (χ3v) is 5.72. The molecule has 2 rings (SSSR count). The number of carboxylic acid groups (broad SMARTS) is 1. The summed E-state index contributed by atoms with van der Waals surface area (Å²) in [6.07, 6.45) is 0.489. The van der Waals surface area contributed by atoms with E-state index in [0.717, 1.165) is 0 Å². The minimum Gasteiger partial charge on any atom is -0.481 e. The van der Waals surface area contributed by atoms with Crippen LogP contribution < -0.4 is 0 Å². The molecule has 1 N–H and O–H groups in total. The van der Waals surface area contributed by atoms with Gasteiger partial charge in [-0.05, 0) is 36.6 Å². The quantitative estimate of drug-likeness (QED) is 0.883. The normalized spacial score (nSPS) is 21.9. The number of sulfone groups is 1. The fourth-order valence-electron chi connectivity index (χ4n) is 2.71. The summed E-state index contributed by atoms with van der Waals surface area (Å²) in [5, 5.41) is 9.53. The van der Waals surface area contributed by atoms with Gasteiger partial charge in [0.25, 0.3) is 0 Å². The molecule has 0 saturated carbocycles. The van der Waals surface area contributed by atoms with Crippen molar-refractivity contribution in [2.24, 2.45) is 11.8 Å². The summed E-state index contributed by atoms with van der Waals surface area (Å²) in [7, 11) is -3.78. The summed E-state index contributed by atoms with van der Waals surface area (Å²) in [6.45, 7) is 2.27. The van der Waals surface area contributed by atoms with E-state index in [1.54, 1.807) is 0 Å². The molecule has 0 aliphatic carbocycles. The average molecular weight is 360 g/mol. The number of halogens is 1. The van der Waals surface area contributed by atoms with Crippen LogP contribution in [-0.4, -0.2) is 49.1 Å². The third kappa shape index (κ3) is 4.45. The molecule has 1 fully saturated rings. The average Bonchev–Trinajstić information content (AvgIpc) is 2.46. The molecule has 126 valence electrons. The summed E-state index contributed by atoms with van der Waals surface area (Å²) in [6, 6.07) is 5.60. The van der Waals surface area contributed by atoms with Gasteiger partial charge in [0.15, 0.2) is 9.84 Å². The first kappa shape index (κ1) is 17.7. The van der Waals surface area contributed by atoms with Crippen LogP contribution in [0.3, 0.4) is 0 Å². The number of carbonyl (C=O) groups is 2. The highest BCUT2D eigenvalue weighted by atomic mass is 35.5. The maximum atomic E-state index is 12.3. The van der Waals surface area contributed by atoms with Gasteiger partial charge in [-0.25, -0.2) is 8.42 Å². The third-order valence-electron chi connectivity index (χ3n) is 3.85. The molecule has 1 saturated heterocycles. The van der Waals surface area contributed by atoms with Crippen LogP contribution in [0.1, 0.15) is 13.3 Å². The van der Waals surface area contributed by atoms with Gasteiger partial charge in [-0.3, -0.25) is 9.59 Å². The molecule has 2 unspecified atom stereocenters. The van der Waals surface area contributed by atoms with Crippen molar-refractivity contribution < 1.29 is 23.1 Å². The van der Waals surface area contributed by atoms with E-state index in [9.17, 15) is 18.0 Å². The van der Waals surface area contributed by atoms with E-state index in [2.05, 4.69) is 0 Å². The van der Waals surface area contributed by atoms with Crippen molar-refractivity contribution in [3.05, 3.63) is 29.3 Å². The lowest BCUT2D eigenvalue weighted by Crippen LogP contribution is -2.47. The number of carbonyl (C=O) groups excluding carboxylic acids is 1. The lowest BCUT2D eigenvalue weighted by Gasteiger charge is -2.34. The van der Waals surface area contributed by atoms with Gasteiger partial charge in [0.2, 0.25) is 5.91 Å². The zero-order valence-corrected chi connectivity index (χ0v) is 14.2. The molecule has 1 aliphatic heterocycles. The van der Waals surface area contributed by atoms with Crippen LogP contribution >= 0.6 is 11.6 Å². The molecule has 1 amide bonds.